The lowest BCUT2D eigenvalue weighted by molar-refractivity contribution is -0.384. The maximum atomic E-state index is 14.4. The van der Waals surface area contributed by atoms with E-state index in [9.17, 15) is 24.5 Å². The second kappa shape index (κ2) is 10.4. The first kappa shape index (κ1) is 27.9. The van der Waals surface area contributed by atoms with Crippen molar-refractivity contribution in [3.63, 3.8) is 0 Å². The number of anilines is 1. The number of hydrazone groups is 1. The lowest BCUT2D eigenvalue weighted by Gasteiger charge is -2.52. The number of carbonyl (C=O) groups excluding carboxylic acids is 3. The van der Waals surface area contributed by atoms with Crippen molar-refractivity contribution in [3.8, 4) is 0 Å². The summed E-state index contributed by atoms with van der Waals surface area (Å²) in [6.45, 7) is 0. The molecule has 0 aromatic heterocycles. The van der Waals surface area contributed by atoms with Crippen molar-refractivity contribution < 1.29 is 19.3 Å². The van der Waals surface area contributed by atoms with Crippen LogP contribution in [-0.4, -0.2) is 28.9 Å². The number of non-ortho nitro benzene ring substituents is 1. The van der Waals surface area contributed by atoms with Crippen molar-refractivity contribution >= 4 is 58.5 Å². The monoisotopic (exact) mass is 624 g/mol. The van der Waals surface area contributed by atoms with Crippen molar-refractivity contribution in [3.05, 3.63) is 139 Å². The third kappa shape index (κ3) is 4.07. The van der Waals surface area contributed by atoms with Crippen LogP contribution < -0.4 is 10.3 Å². The normalized spacial score (nSPS) is 23.0. The molecule has 3 aliphatic carbocycles. The van der Waals surface area contributed by atoms with Crippen LogP contribution in [0.3, 0.4) is 0 Å². The van der Waals surface area contributed by atoms with Gasteiger partial charge >= 0.3 is 0 Å². The number of rotatable bonds is 6. The van der Waals surface area contributed by atoms with Crippen molar-refractivity contribution in [1.29, 1.82) is 0 Å². The van der Waals surface area contributed by atoms with E-state index in [0.717, 1.165) is 27.2 Å². The number of hydrogen-bond donors (Lipinski definition) is 1. The summed E-state index contributed by atoms with van der Waals surface area (Å²) in [5.74, 6) is -3.18. The predicted octanol–water partition coefficient (Wildman–Crippen LogP) is 5.80. The maximum Gasteiger partial charge on any atom is 0.269 e. The quantitative estimate of drug-likeness (QED) is 0.126. The van der Waals surface area contributed by atoms with Crippen molar-refractivity contribution in [2.45, 2.75) is 17.8 Å². The van der Waals surface area contributed by atoms with Crippen LogP contribution in [0.4, 0.5) is 11.4 Å². The first-order valence-corrected chi connectivity index (χ1v) is 14.6. The highest BCUT2D eigenvalue weighted by Crippen LogP contribution is 2.63. The zero-order valence-electron chi connectivity index (χ0n) is 22.8. The smallest absolute Gasteiger partial charge is 0.269 e. The van der Waals surface area contributed by atoms with Gasteiger partial charge in [-0.2, -0.15) is 5.10 Å². The van der Waals surface area contributed by atoms with Gasteiger partial charge in [-0.3, -0.25) is 24.5 Å². The first-order chi connectivity index (χ1) is 21.2. The summed E-state index contributed by atoms with van der Waals surface area (Å²) in [5.41, 5.74) is 5.66. The molecular weight excluding hydrogens is 603 g/mol. The molecule has 218 valence electrons. The van der Waals surface area contributed by atoms with Gasteiger partial charge in [0.2, 0.25) is 17.7 Å². The third-order valence-electron chi connectivity index (χ3n) is 8.80. The molecular formula is C33H22Cl2N4O5. The van der Waals surface area contributed by atoms with Gasteiger partial charge in [0.15, 0.2) is 0 Å². The standard InChI is InChI=1S/C33H22Cl2N4O5/c34-19-11-14-26(25(35)16-19)38-31(41)29-28-21-5-1-3-7-23(21)33(30(29)32(38)42,24-8-4-2-6-22(24)28)17-36-37-27(40)15-18-9-12-20(13-10-18)39(43)44/h1-14,16-17,28-30H,15H2,(H,37,40)/b36-17-/t28?,29-,30+,33?/m0/s1. The molecule has 4 aromatic carbocycles. The molecule has 0 saturated carbocycles. The number of carbonyl (C=O) groups is 3. The minimum Gasteiger partial charge on any atom is -0.274 e. The van der Waals surface area contributed by atoms with E-state index >= 15 is 0 Å². The Morgan fingerprint density at radius 1 is 0.932 bits per heavy atom. The molecule has 44 heavy (non-hydrogen) atoms. The fourth-order valence-electron chi connectivity index (χ4n) is 7.12. The Bertz CT molecular complexity index is 1880. The molecule has 4 aromatic rings. The highest BCUT2D eigenvalue weighted by molar-refractivity contribution is 6.38. The summed E-state index contributed by atoms with van der Waals surface area (Å²) in [7, 11) is 0. The number of hydrogen-bond acceptors (Lipinski definition) is 6. The van der Waals surface area contributed by atoms with Gasteiger partial charge in [0.05, 0.1) is 39.3 Å². The number of benzene rings is 4. The van der Waals surface area contributed by atoms with Crippen LogP contribution in [0, 0.1) is 22.0 Å². The van der Waals surface area contributed by atoms with Gasteiger partial charge in [-0.25, -0.2) is 10.3 Å². The van der Waals surface area contributed by atoms with Crippen molar-refractivity contribution in [1.82, 2.24) is 5.43 Å². The SMILES string of the molecule is O=C(Cc1ccc([N+](=O)[O-])cc1)N/N=C\C12c3ccccc3C(c3ccccc31)[C@@H]1C(=O)N(c3ccc(Cl)cc3Cl)C(=O)[C@@H]12. The maximum absolute atomic E-state index is 14.4. The number of halogens is 2. The van der Waals surface area contributed by atoms with Gasteiger partial charge in [-0.15, -0.1) is 0 Å². The van der Waals surface area contributed by atoms with Crippen LogP contribution in [-0.2, 0) is 26.2 Å². The van der Waals surface area contributed by atoms with Crippen LogP contribution >= 0.6 is 23.2 Å². The molecule has 2 atom stereocenters. The number of nitrogens with one attached hydrogen (secondary N) is 1. The van der Waals surface area contributed by atoms with Crippen LogP contribution in [0.25, 0.3) is 0 Å². The van der Waals surface area contributed by atoms with Crippen LogP contribution in [0.2, 0.25) is 10.0 Å². The lowest BCUT2D eigenvalue weighted by atomic mass is 9.47. The predicted molar refractivity (Wildman–Crippen MR) is 165 cm³/mol. The van der Waals surface area contributed by atoms with E-state index in [2.05, 4.69) is 10.5 Å². The summed E-state index contributed by atoms with van der Waals surface area (Å²) in [5, 5.41) is 15.9. The Labute approximate surface area is 261 Å². The number of amides is 3. The molecule has 4 aliphatic rings. The van der Waals surface area contributed by atoms with Gasteiger partial charge < -0.3 is 0 Å². The van der Waals surface area contributed by atoms with Crippen molar-refractivity contribution in [2.24, 2.45) is 16.9 Å². The summed E-state index contributed by atoms with van der Waals surface area (Å²) >= 11 is 12.6. The van der Waals surface area contributed by atoms with E-state index in [1.165, 1.54) is 30.3 Å². The molecule has 1 N–H and O–H groups in total. The van der Waals surface area contributed by atoms with E-state index in [-0.39, 0.29) is 34.6 Å². The molecule has 1 fully saturated rings. The van der Waals surface area contributed by atoms with E-state index in [4.69, 9.17) is 23.2 Å². The first-order valence-electron chi connectivity index (χ1n) is 13.8. The Balaban J connectivity index is 1.31. The fraction of sp³-hybridized carbons (Fsp3) is 0.152. The summed E-state index contributed by atoms with van der Waals surface area (Å²) < 4.78 is 0. The third-order valence-corrected chi connectivity index (χ3v) is 9.34. The lowest BCUT2D eigenvalue weighted by Crippen LogP contribution is -2.54. The second-order valence-electron chi connectivity index (χ2n) is 11.0. The molecule has 0 unspecified atom stereocenters. The Morgan fingerprint density at radius 2 is 1.57 bits per heavy atom. The molecule has 3 amide bonds. The average Bonchev–Trinajstić information content (AvgIpc) is 3.28. The Morgan fingerprint density at radius 3 is 2.18 bits per heavy atom. The van der Waals surface area contributed by atoms with Gasteiger partial charge in [0.25, 0.3) is 5.69 Å². The zero-order valence-corrected chi connectivity index (χ0v) is 24.3. The number of nitro groups is 1. The molecule has 8 rings (SSSR count). The fourth-order valence-corrected chi connectivity index (χ4v) is 7.61. The molecule has 1 heterocycles. The summed E-state index contributed by atoms with van der Waals surface area (Å²) in [4.78, 5) is 53.2. The van der Waals surface area contributed by atoms with Crippen LogP contribution in [0.15, 0.2) is 96.1 Å². The van der Waals surface area contributed by atoms with Crippen LogP contribution in [0.5, 0.6) is 0 Å². The molecule has 0 radical (unpaired) electrons. The number of nitrogens with zero attached hydrogens (tertiary/aromatic N) is 3. The van der Waals surface area contributed by atoms with Gasteiger partial charge in [0.1, 0.15) is 0 Å². The van der Waals surface area contributed by atoms with Crippen molar-refractivity contribution in [2.75, 3.05) is 4.90 Å². The van der Waals surface area contributed by atoms with Crippen LogP contribution in [0.1, 0.15) is 33.7 Å². The minimum atomic E-state index is -1.17. The topological polar surface area (TPSA) is 122 Å². The molecule has 0 spiro atoms. The second-order valence-corrected chi connectivity index (χ2v) is 11.9. The summed E-state index contributed by atoms with van der Waals surface area (Å²) in [6.07, 6.45) is 1.51. The molecule has 1 aliphatic heterocycles. The van der Waals surface area contributed by atoms with Gasteiger partial charge in [-0.05, 0) is 46.0 Å². The Hall–Kier alpha value is -4.86. The highest BCUT2D eigenvalue weighted by Gasteiger charge is 2.68. The largest absolute Gasteiger partial charge is 0.274 e. The van der Waals surface area contributed by atoms with E-state index in [1.807, 2.05) is 48.5 Å². The van der Waals surface area contributed by atoms with Gasteiger partial charge in [-0.1, -0.05) is 83.9 Å². The molecule has 9 nitrogen and oxygen atoms in total. The Kier molecular flexibility index (Phi) is 6.60. The zero-order chi connectivity index (χ0) is 30.7. The van der Waals surface area contributed by atoms with E-state index in [1.54, 1.807) is 18.3 Å². The molecule has 2 bridgehead atoms. The number of nitro benzene ring substituents is 1. The number of imide groups is 1. The molecule has 11 heteroatoms. The summed E-state index contributed by atoms with van der Waals surface area (Å²) in [6, 6.07) is 25.7. The van der Waals surface area contributed by atoms with E-state index in [0.29, 0.717) is 10.6 Å². The average molecular weight is 625 g/mol. The minimum absolute atomic E-state index is 0.0656. The highest BCUT2D eigenvalue weighted by atomic mass is 35.5. The van der Waals surface area contributed by atoms with Gasteiger partial charge in [0, 0.05) is 29.3 Å². The molecule has 1 saturated heterocycles. The van der Waals surface area contributed by atoms with E-state index < -0.39 is 34.0 Å².